The number of thiol groups is 1. The minimum atomic E-state index is -0.610. The Bertz CT molecular complexity index is 399. The third-order valence-corrected chi connectivity index (χ3v) is 2.09. The van der Waals surface area contributed by atoms with Crippen molar-refractivity contribution < 1.29 is 9.59 Å². The van der Waals surface area contributed by atoms with Crippen LogP contribution in [0.2, 0.25) is 0 Å². The third kappa shape index (κ3) is 3.94. The highest BCUT2D eigenvalue weighted by atomic mass is 32.1. The van der Waals surface area contributed by atoms with E-state index in [0.717, 1.165) is 0 Å². The lowest BCUT2D eigenvalue weighted by molar-refractivity contribution is -0.119. The van der Waals surface area contributed by atoms with E-state index in [-0.39, 0.29) is 5.91 Å². The van der Waals surface area contributed by atoms with Crippen molar-refractivity contribution in [3.8, 4) is 0 Å². The second kappa shape index (κ2) is 5.03. The minimum Gasteiger partial charge on any atom is -0.344 e. The smallest absolute Gasteiger partial charge is 0.280 e. The fourth-order valence-electron chi connectivity index (χ4n) is 1.49. The van der Waals surface area contributed by atoms with E-state index in [1.54, 1.807) is 18.2 Å². The zero-order valence-corrected chi connectivity index (χ0v) is 10.0. The van der Waals surface area contributed by atoms with Crippen LogP contribution in [0.5, 0.6) is 0 Å². The molecule has 2 amide bonds. The van der Waals surface area contributed by atoms with Gasteiger partial charge < -0.3 is 10.6 Å². The number of hydrogen-bond acceptors (Lipinski definition) is 2. The Kier molecular flexibility index (Phi) is 3.95. The predicted molar refractivity (Wildman–Crippen MR) is 66.1 cm³/mol. The Hall–Kier alpha value is -1.49. The van der Waals surface area contributed by atoms with E-state index in [4.69, 9.17) is 0 Å². The molecular formula is C11H14N2O2S. The van der Waals surface area contributed by atoms with Crippen LogP contribution < -0.4 is 10.6 Å². The van der Waals surface area contributed by atoms with Crippen molar-refractivity contribution in [3.05, 3.63) is 36.1 Å². The van der Waals surface area contributed by atoms with Gasteiger partial charge in [0.25, 0.3) is 5.24 Å². The number of hydrogen-bond donors (Lipinski definition) is 3. The van der Waals surface area contributed by atoms with Crippen molar-refractivity contribution >= 4 is 23.8 Å². The summed E-state index contributed by atoms with van der Waals surface area (Å²) in [5.41, 5.74) is -0.0118. The van der Waals surface area contributed by atoms with Gasteiger partial charge in [0.05, 0.1) is 5.54 Å². The monoisotopic (exact) mass is 238 g/mol. The van der Waals surface area contributed by atoms with E-state index in [9.17, 15) is 9.59 Å². The van der Waals surface area contributed by atoms with E-state index in [0.29, 0.717) is 5.70 Å². The molecule has 1 aliphatic carbocycles. The van der Waals surface area contributed by atoms with Crippen molar-refractivity contribution in [2.45, 2.75) is 19.4 Å². The van der Waals surface area contributed by atoms with Crippen molar-refractivity contribution in [1.29, 1.82) is 0 Å². The van der Waals surface area contributed by atoms with E-state index in [1.165, 1.54) is 6.92 Å². The van der Waals surface area contributed by atoms with Crippen LogP contribution in [0.15, 0.2) is 36.1 Å². The minimum absolute atomic E-state index is 0.137. The molecule has 0 aromatic rings. The standard InChI is InChI=1S/C11H14N2O2S/c1-8(14)13-11(2)6-4-3-5-9(7-11)12-10(15)16/h3-7H,1-2H3,(H,13,14)(H2,12,15,16). The summed E-state index contributed by atoms with van der Waals surface area (Å²) in [6, 6.07) is 0. The summed E-state index contributed by atoms with van der Waals surface area (Å²) in [5, 5.41) is 4.90. The van der Waals surface area contributed by atoms with Crippen molar-refractivity contribution in [1.82, 2.24) is 10.6 Å². The van der Waals surface area contributed by atoms with E-state index >= 15 is 0 Å². The first kappa shape index (κ1) is 12.6. The van der Waals surface area contributed by atoms with Crippen LogP contribution in [-0.2, 0) is 4.79 Å². The highest BCUT2D eigenvalue weighted by molar-refractivity contribution is 7.96. The first-order valence-electron chi connectivity index (χ1n) is 4.79. The van der Waals surface area contributed by atoms with Crippen molar-refractivity contribution in [3.63, 3.8) is 0 Å². The van der Waals surface area contributed by atoms with Crippen molar-refractivity contribution in [2.24, 2.45) is 0 Å². The molecule has 1 unspecified atom stereocenters. The lowest BCUT2D eigenvalue weighted by atomic mass is 10.0. The SMILES string of the molecule is CC(=O)NC1(C)C=CC=CC(NC(=O)S)=C1. The Morgan fingerprint density at radius 3 is 2.62 bits per heavy atom. The zero-order valence-electron chi connectivity index (χ0n) is 9.15. The Morgan fingerprint density at radius 1 is 1.38 bits per heavy atom. The summed E-state index contributed by atoms with van der Waals surface area (Å²) >= 11 is 3.64. The largest absolute Gasteiger partial charge is 0.344 e. The molecule has 0 bridgehead atoms. The van der Waals surface area contributed by atoms with Crippen LogP contribution >= 0.6 is 12.6 Å². The molecule has 1 rings (SSSR count). The molecule has 5 heteroatoms. The molecule has 0 fully saturated rings. The number of carbonyl (C=O) groups excluding carboxylic acids is 2. The van der Waals surface area contributed by atoms with Gasteiger partial charge in [0.2, 0.25) is 5.91 Å². The molecular weight excluding hydrogens is 224 g/mol. The molecule has 1 atom stereocenters. The molecule has 0 saturated carbocycles. The molecule has 0 aliphatic heterocycles. The van der Waals surface area contributed by atoms with Crippen LogP contribution in [-0.4, -0.2) is 16.7 Å². The maximum Gasteiger partial charge on any atom is 0.280 e. The van der Waals surface area contributed by atoms with Gasteiger partial charge in [-0.25, -0.2) is 0 Å². The summed E-state index contributed by atoms with van der Waals surface area (Å²) in [5.74, 6) is -0.137. The first-order valence-corrected chi connectivity index (χ1v) is 5.23. The molecule has 4 nitrogen and oxygen atoms in total. The van der Waals surface area contributed by atoms with Gasteiger partial charge in [-0.05, 0) is 19.1 Å². The fraction of sp³-hybridized carbons (Fsp3) is 0.273. The number of amides is 2. The molecule has 1 aliphatic rings. The molecule has 0 aromatic heterocycles. The molecule has 16 heavy (non-hydrogen) atoms. The number of rotatable bonds is 2. The molecule has 0 radical (unpaired) electrons. The van der Waals surface area contributed by atoms with Gasteiger partial charge in [0.15, 0.2) is 0 Å². The normalized spacial score (nSPS) is 23.3. The van der Waals surface area contributed by atoms with E-state index in [1.807, 2.05) is 19.1 Å². The predicted octanol–water partition coefficient (Wildman–Crippen LogP) is 1.53. The topological polar surface area (TPSA) is 58.2 Å². The van der Waals surface area contributed by atoms with Crippen LogP contribution in [0.3, 0.4) is 0 Å². The van der Waals surface area contributed by atoms with Crippen LogP contribution in [0.1, 0.15) is 13.8 Å². The summed E-state index contributed by atoms with van der Waals surface area (Å²) in [6.45, 7) is 3.28. The summed E-state index contributed by atoms with van der Waals surface area (Å²) < 4.78 is 0. The lowest BCUT2D eigenvalue weighted by Gasteiger charge is -2.23. The highest BCUT2D eigenvalue weighted by Crippen LogP contribution is 2.14. The Labute approximate surface area is 99.9 Å². The summed E-state index contributed by atoms with van der Waals surface area (Å²) in [7, 11) is 0. The Morgan fingerprint density at radius 2 is 2.06 bits per heavy atom. The second-order valence-corrected chi connectivity index (χ2v) is 4.12. The number of allylic oxidation sites excluding steroid dienone is 3. The first-order chi connectivity index (χ1) is 7.41. The van der Waals surface area contributed by atoms with E-state index < -0.39 is 10.8 Å². The molecule has 0 saturated heterocycles. The fourth-order valence-corrected chi connectivity index (χ4v) is 1.62. The van der Waals surface area contributed by atoms with Gasteiger partial charge in [-0.15, -0.1) is 0 Å². The van der Waals surface area contributed by atoms with Crippen LogP contribution in [0, 0.1) is 0 Å². The summed E-state index contributed by atoms with van der Waals surface area (Å²) in [4.78, 5) is 21.9. The van der Waals surface area contributed by atoms with Gasteiger partial charge in [-0.2, -0.15) is 0 Å². The van der Waals surface area contributed by atoms with Gasteiger partial charge in [-0.3, -0.25) is 9.59 Å². The van der Waals surface area contributed by atoms with Gasteiger partial charge in [-0.1, -0.05) is 30.9 Å². The van der Waals surface area contributed by atoms with Crippen molar-refractivity contribution in [2.75, 3.05) is 0 Å². The molecule has 2 N–H and O–H groups in total. The molecule has 0 heterocycles. The highest BCUT2D eigenvalue weighted by Gasteiger charge is 2.20. The van der Waals surface area contributed by atoms with Crippen LogP contribution in [0.4, 0.5) is 4.79 Å². The molecule has 0 aromatic carbocycles. The third-order valence-electron chi connectivity index (χ3n) is 1.98. The molecule has 86 valence electrons. The quantitative estimate of drug-likeness (QED) is 0.639. The van der Waals surface area contributed by atoms with Crippen LogP contribution in [0.25, 0.3) is 0 Å². The number of nitrogens with one attached hydrogen (secondary N) is 2. The van der Waals surface area contributed by atoms with Gasteiger partial charge >= 0.3 is 0 Å². The lowest BCUT2D eigenvalue weighted by Crippen LogP contribution is -2.42. The zero-order chi connectivity index (χ0) is 12.2. The average molecular weight is 238 g/mol. The summed E-state index contributed by atoms with van der Waals surface area (Å²) in [6.07, 6.45) is 8.91. The molecule has 0 spiro atoms. The van der Waals surface area contributed by atoms with Gasteiger partial charge in [0, 0.05) is 12.6 Å². The maximum absolute atomic E-state index is 11.1. The van der Waals surface area contributed by atoms with Gasteiger partial charge in [0.1, 0.15) is 0 Å². The second-order valence-electron chi connectivity index (χ2n) is 3.71. The maximum atomic E-state index is 11.1. The average Bonchev–Trinajstić information content (AvgIpc) is 2.24. The Balaban J connectivity index is 2.93. The van der Waals surface area contributed by atoms with E-state index in [2.05, 4.69) is 23.3 Å². The number of carbonyl (C=O) groups is 2.